The number of halogens is 1. The number of nitrogens with zero attached hydrogens (tertiary/aromatic N) is 2. The molecule has 0 saturated heterocycles. The molecular formula is C13H16BrN3. The molecule has 1 heterocycles. The molecule has 4 heteroatoms. The van der Waals surface area contributed by atoms with Gasteiger partial charge in [-0.1, -0.05) is 22.9 Å². The molecule has 0 aliphatic rings. The third-order valence-electron chi connectivity index (χ3n) is 2.48. The second-order valence-electron chi connectivity index (χ2n) is 4.03. The number of imidazole rings is 1. The summed E-state index contributed by atoms with van der Waals surface area (Å²) in [7, 11) is 0. The highest BCUT2D eigenvalue weighted by Crippen LogP contribution is 2.21. The highest BCUT2D eigenvalue weighted by molar-refractivity contribution is 9.10. The van der Waals surface area contributed by atoms with Gasteiger partial charge in [0.05, 0.1) is 0 Å². The van der Waals surface area contributed by atoms with Crippen molar-refractivity contribution in [3.63, 3.8) is 0 Å². The topological polar surface area (TPSA) is 29.9 Å². The van der Waals surface area contributed by atoms with Gasteiger partial charge >= 0.3 is 0 Å². The van der Waals surface area contributed by atoms with E-state index < -0.39 is 0 Å². The largest absolute Gasteiger partial charge is 0.355 e. The number of anilines is 1. The first-order valence-electron chi connectivity index (χ1n) is 5.75. The maximum atomic E-state index is 4.33. The highest BCUT2D eigenvalue weighted by Gasteiger charge is 2.05. The maximum absolute atomic E-state index is 4.33. The molecule has 0 radical (unpaired) electrons. The molecule has 0 spiro atoms. The Kier molecular flexibility index (Phi) is 3.84. The summed E-state index contributed by atoms with van der Waals surface area (Å²) in [6, 6.07) is 6.33. The molecule has 3 nitrogen and oxygen atoms in total. The van der Waals surface area contributed by atoms with Crippen molar-refractivity contribution in [1.29, 1.82) is 0 Å². The van der Waals surface area contributed by atoms with Crippen molar-refractivity contribution >= 4 is 21.9 Å². The van der Waals surface area contributed by atoms with Gasteiger partial charge in [0, 0.05) is 29.1 Å². The van der Waals surface area contributed by atoms with Crippen LogP contribution in [0.25, 0.3) is 5.69 Å². The molecule has 0 aliphatic carbocycles. The van der Waals surface area contributed by atoms with Gasteiger partial charge in [-0.3, -0.25) is 4.57 Å². The van der Waals surface area contributed by atoms with Crippen LogP contribution in [0.3, 0.4) is 0 Å². The van der Waals surface area contributed by atoms with Crippen LogP contribution < -0.4 is 5.32 Å². The van der Waals surface area contributed by atoms with Crippen LogP contribution >= 0.6 is 15.9 Å². The Bertz CT molecular complexity index is 485. The lowest BCUT2D eigenvalue weighted by atomic mass is 10.2. The van der Waals surface area contributed by atoms with Crippen LogP contribution in [0.15, 0.2) is 35.1 Å². The summed E-state index contributed by atoms with van der Waals surface area (Å²) in [4.78, 5) is 4.33. The number of benzene rings is 1. The third kappa shape index (κ3) is 2.88. The summed E-state index contributed by atoms with van der Waals surface area (Å²) in [5, 5.41) is 3.32. The van der Waals surface area contributed by atoms with Crippen molar-refractivity contribution in [1.82, 2.24) is 9.55 Å². The van der Waals surface area contributed by atoms with E-state index in [4.69, 9.17) is 0 Å². The van der Waals surface area contributed by atoms with Crippen molar-refractivity contribution in [3.05, 3.63) is 40.6 Å². The summed E-state index contributed by atoms with van der Waals surface area (Å²) in [6.07, 6.45) is 4.87. The number of hydrogen-bond acceptors (Lipinski definition) is 2. The minimum atomic E-state index is 0.893. The van der Waals surface area contributed by atoms with Crippen molar-refractivity contribution in [2.24, 2.45) is 0 Å². The van der Waals surface area contributed by atoms with Gasteiger partial charge in [-0.05, 0) is 37.1 Å². The molecule has 0 fully saturated rings. The molecule has 1 aromatic heterocycles. The summed E-state index contributed by atoms with van der Waals surface area (Å²) in [5.41, 5.74) is 2.34. The lowest BCUT2D eigenvalue weighted by Gasteiger charge is -2.10. The Morgan fingerprint density at radius 3 is 2.88 bits per heavy atom. The normalized spacial score (nSPS) is 10.5. The Hall–Kier alpha value is -1.29. The van der Waals surface area contributed by atoms with Gasteiger partial charge in [0.2, 0.25) is 5.95 Å². The number of aryl methyl sites for hydroxylation is 1. The minimum Gasteiger partial charge on any atom is -0.355 e. The van der Waals surface area contributed by atoms with Crippen LogP contribution in [0.1, 0.15) is 18.9 Å². The Morgan fingerprint density at radius 2 is 2.18 bits per heavy atom. The van der Waals surface area contributed by atoms with Crippen LogP contribution in [0.4, 0.5) is 5.95 Å². The average Bonchev–Trinajstić information content (AvgIpc) is 2.73. The first-order valence-corrected chi connectivity index (χ1v) is 6.55. The smallest absolute Gasteiger partial charge is 0.207 e. The molecule has 0 atom stereocenters. The van der Waals surface area contributed by atoms with E-state index in [1.807, 2.05) is 12.4 Å². The fourth-order valence-corrected chi connectivity index (χ4v) is 2.33. The van der Waals surface area contributed by atoms with E-state index in [-0.39, 0.29) is 0 Å². The first-order chi connectivity index (χ1) is 8.20. The van der Waals surface area contributed by atoms with Crippen molar-refractivity contribution < 1.29 is 0 Å². The SMILES string of the molecule is CCCNc1nccn1-c1cc(C)cc(Br)c1. The lowest BCUT2D eigenvalue weighted by Crippen LogP contribution is -2.06. The van der Waals surface area contributed by atoms with Gasteiger partial charge in [-0.25, -0.2) is 4.98 Å². The Labute approximate surface area is 110 Å². The predicted octanol–water partition coefficient (Wildman–Crippen LogP) is 3.77. The number of hydrogen-bond donors (Lipinski definition) is 1. The summed E-state index contributed by atoms with van der Waals surface area (Å²) in [6.45, 7) is 5.16. The molecule has 0 aliphatic heterocycles. The lowest BCUT2D eigenvalue weighted by molar-refractivity contribution is 0.936. The molecule has 90 valence electrons. The molecule has 0 unspecified atom stereocenters. The minimum absolute atomic E-state index is 0.893. The van der Waals surface area contributed by atoms with Gasteiger partial charge < -0.3 is 5.32 Å². The maximum Gasteiger partial charge on any atom is 0.207 e. The summed E-state index contributed by atoms with van der Waals surface area (Å²) < 4.78 is 3.15. The van der Waals surface area contributed by atoms with E-state index in [2.05, 4.69) is 62.8 Å². The molecule has 0 saturated carbocycles. The van der Waals surface area contributed by atoms with Gasteiger partial charge in [0.15, 0.2) is 0 Å². The third-order valence-corrected chi connectivity index (χ3v) is 2.94. The Morgan fingerprint density at radius 1 is 1.35 bits per heavy atom. The molecule has 2 rings (SSSR count). The van der Waals surface area contributed by atoms with Crippen molar-refractivity contribution in [2.75, 3.05) is 11.9 Å². The quantitative estimate of drug-likeness (QED) is 0.930. The van der Waals surface area contributed by atoms with E-state index in [1.165, 1.54) is 5.56 Å². The van der Waals surface area contributed by atoms with Gasteiger partial charge in [-0.15, -0.1) is 0 Å². The van der Waals surface area contributed by atoms with Gasteiger partial charge in [-0.2, -0.15) is 0 Å². The molecule has 1 aromatic carbocycles. The average molecular weight is 294 g/mol. The van der Waals surface area contributed by atoms with Crippen LogP contribution in [-0.2, 0) is 0 Å². The van der Waals surface area contributed by atoms with E-state index in [0.717, 1.165) is 29.1 Å². The monoisotopic (exact) mass is 293 g/mol. The number of aromatic nitrogens is 2. The zero-order chi connectivity index (χ0) is 12.3. The molecule has 17 heavy (non-hydrogen) atoms. The van der Waals surface area contributed by atoms with Crippen LogP contribution in [0, 0.1) is 6.92 Å². The molecule has 0 amide bonds. The van der Waals surface area contributed by atoms with Crippen molar-refractivity contribution in [3.8, 4) is 5.69 Å². The molecule has 2 aromatic rings. The van der Waals surface area contributed by atoms with E-state index in [0.29, 0.717) is 0 Å². The van der Waals surface area contributed by atoms with E-state index in [9.17, 15) is 0 Å². The molecule has 0 bridgehead atoms. The highest BCUT2D eigenvalue weighted by atomic mass is 79.9. The van der Waals surface area contributed by atoms with Gasteiger partial charge in [0.25, 0.3) is 0 Å². The van der Waals surface area contributed by atoms with Crippen LogP contribution in [0.5, 0.6) is 0 Å². The summed E-state index contributed by atoms with van der Waals surface area (Å²) in [5.74, 6) is 0.893. The second-order valence-corrected chi connectivity index (χ2v) is 4.95. The Balaban J connectivity index is 2.35. The van der Waals surface area contributed by atoms with Crippen molar-refractivity contribution in [2.45, 2.75) is 20.3 Å². The van der Waals surface area contributed by atoms with E-state index >= 15 is 0 Å². The summed E-state index contributed by atoms with van der Waals surface area (Å²) >= 11 is 3.52. The van der Waals surface area contributed by atoms with Crippen LogP contribution in [0.2, 0.25) is 0 Å². The fraction of sp³-hybridized carbons (Fsp3) is 0.308. The predicted molar refractivity (Wildman–Crippen MR) is 74.8 cm³/mol. The molecule has 1 N–H and O–H groups in total. The standard InChI is InChI=1S/C13H16BrN3/c1-3-4-15-13-16-5-6-17(13)12-8-10(2)7-11(14)9-12/h5-9H,3-4H2,1-2H3,(H,15,16). The second kappa shape index (κ2) is 5.36. The fourth-order valence-electron chi connectivity index (χ4n) is 1.74. The number of nitrogens with one attached hydrogen (secondary N) is 1. The zero-order valence-corrected chi connectivity index (χ0v) is 11.7. The zero-order valence-electron chi connectivity index (χ0n) is 10.1. The number of rotatable bonds is 4. The van der Waals surface area contributed by atoms with E-state index in [1.54, 1.807) is 0 Å². The molecular weight excluding hydrogens is 278 g/mol. The van der Waals surface area contributed by atoms with Gasteiger partial charge in [0.1, 0.15) is 0 Å². The van der Waals surface area contributed by atoms with Crippen LogP contribution in [-0.4, -0.2) is 16.1 Å². The first kappa shape index (κ1) is 12.2.